The van der Waals surface area contributed by atoms with Gasteiger partial charge in [-0.25, -0.2) is 4.79 Å². The van der Waals surface area contributed by atoms with Gasteiger partial charge in [0.1, 0.15) is 11.9 Å². The van der Waals surface area contributed by atoms with Crippen LogP contribution in [0.2, 0.25) is 0 Å². The summed E-state index contributed by atoms with van der Waals surface area (Å²) in [6, 6.07) is 7.19. The van der Waals surface area contributed by atoms with Crippen molar-refractivity contribution in [2.45, 2.75) is 18.9 Å². The summed E-state index contributed by atoms with van der Waals surface area (Å²) in [4.78, 5) is 15.9. The summed E-state index contributed by atoms with van der Waals surface area (Å²) in [5.41, 5.74) is 0.605. The maximum Gasteiger partial charge on any atom is 0.240 e. The van der Waals surface area contributed by atoms with Crippen molar-refractivity contribution < 1.29 is 9.53 Å². The minimum Gasteiger partial charge on any atom is -0.489 e. The van der Waals surface area contributed by atoms with E-state index in [1.165, 1.54) is 12.5 Å². The second-order valence-electron chi connectivity index (χ2n) is 4.34. The van der Waals surface area contributed by atoms with Gasteiger partial charge in [0.2, 0.25) is 6.08 Å². The van der Waals surface area contributed by atoms with Gasteiger partial charge < -0.3 is 9.64 Å². The molecular formula is C13H16N2O2. The molecule has 0 bridgehead atoms. The summed E-state index contributed by atoms with van der Waals surface area (Å²) >= 11 is 0. The standard InChI is InChI=1S/C13H16N2O2/c1-15-8-2-3-13(9-15)17-12-6-4-11(5-7-12)14-10-16/h4-7,13H,2-3,8-9H2,1H3. The Kier molecular flexibility index (Phi) is 3.91. The fraction of sp³-hybridized carbons (Fsp3) is 0.462. The lowest BCUT2D eigenvalue weighted by atomic mass is 10.1. The third kappa shape index (κ3) is 3.41. The molecule has 17 heavy (non-hydrogen) atoms. The van der Waals surface area contributed by atoms with Crippen molar-refractivity contribution in [2.75, 3.05) is 20.1 Å². The zero-order valence-corrected chi connectivity index (χ0v) is 9.93. The second kappa shape index (κ2) is 5.62. The van der Waals surface area contributed by atoms with Crippen LogP contribution in [0.3, 0.4) is 0 Å². The molecule has 1 aliphatic heterocycles. The average Bonchev–Trinajstić information content (AvgIpc) is 2.32. The summed E-state index contributed by atoms with van der Waals surface area (Å²) in [6.45, 7) is 2.11. The zero-order chi connectivity index (χ0) is 12.1. The molecule has 1 saturated heterocycles. The number of likely N-dealkylation sites (tertiary alicyclic amines) is 1. The predicted molar refractivity (Wildman–Crippen MR) is 65.4 cm³/mol. The van der Waals surface area contributed by atoms with Gasteiger partial charge in [-0.2, -0.15) is 4.99 Å². The van der Waals surface area contributed by atoms with Gasteiger partial charge in [0.05, 0.1) is 5.69 Å². The smallest absolute Gasteiger partial charge is 0.240 e. The SMILES string of the molecule is CN1CCCC(Oc2ccc(N=C=O)cc2)C1. The van der Waals surface area contributed by atoms with Crippen molar-refractivity contribution in [1.29, 1.82) is 0 Å². The van der Waals surface area contributed by atoms with Crippen LogP contribution in [-0.4, -0.2) is 37.2 Å². The summed E-state index contributed by atoms with van der Waals surface area (Å²) < 4.78 is 5.88. The van der Waals surface area contributed by atoms with Gasteiger partial charge in [0.15, 0.2) is 0 Å². The number of hydrogen-bond donors (Lipinski definition) is 0. The average molecular weight is 232 g/mol. The highest BCUT2D eigenvalue weighted by molar-refractivity contribution is 5.50. The Morgan fingerprint density at radius 1 is 1.41 bits per heavy atom. The highest BCUT2D eigenvalue weighted by atomic mass is 16.5. The summed E-state index contributed by atoms with van der Waals surface area (Å²) in [5.74, 6) is 0.829. The summed E-state index contributed by atoms with van der Waals surface area (Å²) in [7, 11) is 2.11. The number of likely N-dealkylation sites (N-methyl/N-ethyl adjacent to an activating group) is 1. The fourth-order valence-corrected chi connectivity index (χ4v) is 2.06. The molecule has 0 spiro atoms. The largest absolute Gasteiger partial charge is 0.489 e. The normalized spacial score (nSPS) is 20.6. The Morgan fingerprint density at radius 3 is 2.82 bits per heavy atom. The van der Waals surface area contributed by atoms with Crippen LogP contribution in [0.1, 0.15) is 12.8 Å². The van der Waals surface area contributed by atoms with E-state index in [2.05, 4.69) is 16.9 Å². The number of aliphatic imine (C=N–C) groups is 1. The maximum absolute atomic E-state index is 10.1. The van der Waals surface area contributed by atoms with E-state index in [4.69, 9.17) is 4.74 Å². The minimum absolute atomic E-state index is 0.258. The zero-order valence-electron chi connectivity index (χ0n) is 9.93. The molecule has 0 aromatic heterocycles. The van der Waals surface area contributed by atoms with Crippen LogP contribution in [0.15, 0.2) is 29.3 Å². The third-order valence-electron chi connectivity index (χ3n) is 2.90. The highest BCUT2D eigenvalue weighted by Crippen LogP contribution is 2.21. The molecular weight excluding hydrogens is 216 g/mol. The lowest BCUT2D eigenvalue weighted by molar-refractivity contribution is 0.104. The highest BCUT2D eigenvalue weighted by Gasteiger charge is 2.18. The van der Waals surface area contributed by atoms with Gasteiger partial charge in [0.25, 0.3) is 0 Å². The molecule has 4 heteroatoms. The van der Waals surface area contributed by atoms with E-state index >= 15 is 0 Å². The van der Waals surface area contributed by atoms with Gasteiger partial charge in [-0.05, 0) is 50.7 Å². The molecule has 1 aromatic rings. The first-order chi connectivity index (χ1) is 8.28. The molecule has 90 valence electrons. The summed E-state index contributed by atoms with van der Waals surface area (Å²) in [5, 5.41) is 0. The van der Waals surface area contributed by atoms with E-state index in [1.807, 2.05) is 12.1 Å². The van der Waals surface area contributed by atoms with E-state index in [0.29, 0.717) is 5.69 Å². The van der Waals surface area contributed by atoms with Crippen LogP contribution in [-0.2, 0) is 4.79 Å². The lowest BCUT2D eigenvalue weighted by Crippen LogP contribution is -2.38. The summed E-state index contributed by atoms with van der Waals surface area (Å²) in [6.07, 6.45) is 4.05. The molecule has 0 radical (unpaired) electrons. The number of isocyanates is 1. The second-order valence-corrected chi connectivity index (χ2v) is 4.34. The van der Waals surface area contributed by atoms with Gasteiger partial charge in [0, 0.05) is 6.54 Å². The van der Waals surface area contributed by atoms with Crippen LogP contribution in [0, 0.1) is 0 Å². The predicted octanol–water partition coefficient (Wildman–Crippen LogP) is 2.13. The van der Waals surface area contributed by atoms with E-state index in [9.17, 15) is 4.79 Å². The molecule has 2 rings (SSSR count). The Balaban J connectivity index is 1.96. The quantitative estimate of drug-likeness (QED) is 0.592. The first kappa shape index (κ1) is 11.8. The van der Waals surface area contributed by atoms with Gasteiger partial charge in [-0.15, -0.1) is 0 Å². The number of benzene rings is 1. The topological polar surface area (TPSA) is 41.9 Å². The van der Waals surface area contributed by atoms with Crippen LogP contribution in [0.5, 0.6) is 5.75 Å². The van der Waals surface area contributed by atoms with Crippen LogP contribution < -0.4 is 4.74 Å². The van der Waals surface area contributed by atoms with Gasteiger partial charge >= 0.3 is 0 Å². The minimum atomic E-state index is 0.258. The molecule has 1 fully saturated rings. The molecule has 0 saturated carbocycles. The number of ether oxygens (including phenoxy) is 1. The molecule has 0 aliphatic carbocycles. The maximum atomic E-state index is 10.1. The number of hydrogen-bond acceptors (Lipinski definition) is 4. The van der Waals surface area contributed by atoms with E-state index in [1.54, 1.807) is 12.1 Å². The molecule has 0 amide bonds. The van der Waals surface area contributed by atoms with Crippen molar-refractivity contribution in [2.24, 2.45) is 4.99 Å². The van der Waals surface area contributed by atoms with E-state index < -0.39 is 0 Å². The number of carbonyl (C=O) groups excluding carboxylic acids is 1. The number of nitrogens with zero attached hydrogens (tertiary/aromatic N) is 2. The van der Waals surface area contributed by atoms with Crippen molar-refractivity contribution in [3.05, 3.63) is 24.3 Å². The monoisotopic (exact) mass is 232 g/mol. The van der Waals surface area contributed by atoms with E-state index in [-0.39, 0.29) is 6.10 Å². The van der Waals surface area contributed by atoms with Gasteiger partial charge in [-0.1, -0.05) is 0 Å². The van der Waals surface area contributed by atoms with Crippen molar-refractivity contribution >= 4 is 11.8 Å². The molecule has 1 unspecified atom stereocenters. The van der Waals surface area contributed by atoms with Crippen molar-refractivity contribution in [3.63, 3.8) is 0 Å². The van der Waals surface area contributed by atoms with Crippen molar-refractivity contribution in [1.82, 2.24) is 4.90 Å². The Labute approximate surface area is 101 Å². The first-order valence-corrected chi connectivity index (χ1v) is 5.81. The fourth-order valence-electron chi connectivity index (χ4n) is 2.06. The first-order valence-electron chi connectivity index (χ1n) is 5.81. The Bertz CT molecular complexity index is 410. The van der Waals surface area contributed by atoms with Crippen LogP contribution in [0.25, 0.3) is 0 Å². The lowest BCUT2D eigenvalue weighted by Gasteiger charge is -2.29. The molecule has 4 nitrogen and oxygen atoms in total. The molecule has 1 aliphatic rings. The Hall–Kier alpha value is -1.64. The molecule has 0 N–H and O–H groups in total. The van der Waals surface area contributed by atoms with Crippen LogP contribution >= 0.6 is 0 Å². The molecule has 1 heterocycles. The van der Waals surface area contributed by atoms with E-state index in [0.717, 1.165) is 25.3 Å². The van der Waals surface area contributed by atoms with Crippen LogP contribution in [0.4, 0.5) is 5.69 Å². The van der Waals surface area contributed by atoms with Gasteiger partial charge in [-0.3, -0.25) is 0 Å². The Morgan fingerprint density at radius 2 is 2.18 bits per heavy atom. The number of piperidine rings is 1. The number of rotatable bonds is 3. The van der Waals surface area contributed by atoms with Crippen molar-refractivity contribution in [3.8, 4) is 5.75 Å². The molecule has 1 aromatic carbocycles. The molecule has 1 atom stereocenters. The third-order valence-corrected chi connectivity index (χ3v) is 2.90.